The fraction of sp³-hybridized carbons (Fsp3) is 0.200. The summed E-state index contributed by atoms with van der Waals surface area (Å²) in [6, 6.07) is 13.1. The minimum absolute atomic E-state index is 0.111. The van der Waals surface area contributed by atoms with Crippen molar-refractivity contribution in [3.63, 3.8) is 0 Å². The highest BCUT2D eigenvalue weighted by molar-refractivity contribution is 7.14. The first-order valence-corrected chi connectivity index (χ1v) is 9.70. The monoisotopic (exact) mass is 404 g/mol. The molecule has 0 fully saturated rings. The Balaban J connectivity index is 1.75. The van der Waals surface area contributed by atoms with Crippen molar-refractivity contribution in [2.75, 3.05) is 5.32 Å². The van der Waals surface area contributed by atoms with E-state index >= 15 is 0 Å². The molecule has 1 aromatic heterocycles. The van der Waals surface area contributed by atoms with Crippen LogP contribution >= 0.6 is 34.5 Å². The standard InChI is InChI=1S/C20H18Cl2N2OS/c1-20(2,3)14-7-4-12(5-8-14)17-11-26-19(23-17)24-18(25)13-6-9-15(21)16(22)10-13/h4-11H,1-3H3,(H,23,24,25). The van der Waals surface area contributed by atoms with E-state index in [1.54, 1.807) is 18.2 Å². The number of nitrogens with zero attached hydrogens (tertiary/aromatic N) is 1. The summed E-state index contributed by atoms with van der Waals surface area (Å²) in [6.45, 7) is 6.55. The zero-order chi connectivity index (χ0) is 18.9. The molecule has 6 heteroatoms. The van der Waals surface area contributed by atoms with Crippen LogP contribution in [0.25, 0.3) is 11.3 Å². The molecule has 0 bridgehead atoms. The van der Waals surface area contributed by atoms with Gasteiger partial charge in [0.2, 0.25) is 0 Å². The first-order chi connectivity index (χ1) is 12.2. The van der Waals surface area contributed by atoms with E-state index in [1.807, 2.05) is 5.38 Å². The molecular weight excluding hydrogens is 387 g/mol. The Labute approximate surface area is 167 Å². The summed E-state index contributed by atoms with van der Waals surface area (Å²) in [6.07, 6.45) is 0. The average molecular weight is 405 g/mol. The Morgan fingerprint density at radius 3 is 2.35 bits per heavy atom. The second kappa shape index (κ2) is 7.39. The van der Waals surface area contributed by atoms with Crippen LogP contribution in [0.5, 0.6) is 0 Å². The maximum atomic E-state index is 12.3. The molecule has 1 heterocycles. The van der Waals surface area contributed by atoms with Gasteiger partial charge in [-0.05, 0) is 29.2 Å². The lowest BCUT2D eigenvalue weighted by atomic mass is 9.86. The van der Waals surface area contributed by atoms with Gasteiger partial charge >= 0.3 is 0 Å². The first-order valence-electron chi connectivity index (χ1n) is 8.07. The van der Waals surface area contributed by atoms with E-state index in [1.165, 1.54) is 16.9 Å². The van der Waals surface area contributed by atoms with Crippen molar-refractivity contribution in [1.29, 1.82) is 0 Å². The number of halogens is 2. The van der Waals surface area contributed by atoms with Gasteiger partial charge in [0.05, 0.1) is 15.7 Å². The van der Waals surface area contributed by atoms with Crippen molar-refractivity contribution < 1.29 is 4.79 Å². The van der Waals surface area contributed by atoms with Crippen molar-refractivity contribution in [2.24, 2.45) is 0 Å². The first kappa shape index (κ1) is 18.9. The number of thiazole rings is 1. The van der Waals surface area contributed by atoms with Gasteiger partial charge < -0.3 is 0 Å². The molecule has 1 N–H and O–H groups in total. The lowest BCUT2D eigenvalue weighted by molar-refractivity contribution is 0.102. The van der Waals surface area contributed by atoms with Crippen LogP contribution in [0.1, 0.15) is 36.7 Å². The number of aromatic nitrogens is 1. The summed E-state index contributed by atoms with van der Waals surface area (Å²) in [4.78, 5) is 16.8. The van der Waals surface area contributed by atoms with E-state index < -0.39 is 0 Å². The number of benzene rings is 2. The van der Waals surface area contributed by atoms with Gasteiger partial charge in [-0.25, -0.2) is 4.98 Å². The Kier molecular flexibility index (Phi) is 5.37. The molecule has 0 radical (unpaired) electrons. The molecule has 26 heavy (non-hydrogen) atoms. The van der Waals surface area contributed by atoms with Crippen LogP contribution in [0.2, 0.25) is 10.0 Å². The van der Waals surface area contributed by atoms with Gasteiger partial charge in [0.15, 0.2) is 5.13 Å². The third-order valence-electron chi connectivity index (χ3n) is 3.95. The second-order valence-corrected chi connectivity index (χ2v) is 8.62. The van der Waals surface area contributed by atoms with Crippen LogP contribution in [-0.2, 0) is 5.41 Å². The number of anilines is 1. The molecule has 0 atom stereocenters. The molecular formula is C20H18Cl2N2OS. The minimum atomic E-state index is -0.271. The summed E-state index contributed by atoms with van der Waals surface area (Å²) in [5.74, 6) is -0.271. The molecule has 0 aliphatic carbocycles. The Morgan fingerprint density at radius 2 is 1.73 bits per heavy atom. The van der Waals surface area contributed by atoms with Crippen LogP contribution in [-0.4, -0.2) is 10.9 Å². The van der Waals surface area contributed by atoms with Gasteiger partial charge in [-0.2, -0.15) is 0 Å². The summed E-state index contributed by atoms with van der Waals surface area (Å²) in [5.41, 5.74) is 3.67. The quantitative estimate of drug-likeness (QED) is 0.529. The van der Waals surface area contributed by atoms with Crippen LogP contribution in [0.15, 0.2) is 47.8 Å². The topological polar surface area (TPSA) is 42.0 Å². The lowest BCUT2D eigenvalue weighted by Crippen LogP contribution is -2.11. The second-order valence-electron chi connectivity index (χ2n) is 6.95. The molecule has 3 nitrogen and oxygen atoms in total. The number of hydrogen-bond donors (Lipinski definition) is 1. The predicted molar refractivity (Wildman–Crippen MR) is 111 cm³/mol. The van der Waals surface area contributed by atoms with Gasteiger partial charge in [-0.3, -0.25) is 10.1 Å². The smallest absolute Gasteiger partial charge is 0.257 e. The Hall–Kier alpha value is -1.88. The molecule has 3 aromatic rings. The molecule has 0 unspecified atom stereocenters. The molecule has 3 rings (SSSR count). The molecule has 134 valence electrons. The Morgan fingerprint density at radius 1 is 1.04 bits per heavy atom. The highest BCUT2D eigenvalue weighted by Crippen LogP contribution is 2.29. The summed E-state index contributed by atoms with van der Waals surface area (Å²) in [7, 11) is 0. The number of amides is 1. The van der Waals surface area contributed by atoms with Gasteiger partial charge in [0.1, 0.15) is 0 Å². The number of hydrogen-bond acceptors (Lipinski definition) is 3. The Bertz CT molecular complexity index is 943. The molecule has 1 amide bonds. The van der Waals surface area contributed by atoms with Gasteiger partial charge in [0, 0.05) is 16.5 Å². The molecule has 0 saturated carbocycles. The number of carbonyl (C=O) groups is 1. The summed E-state index contributed by atoms with van der Waals surface area (Å²) in [5, 5.41) is 6.02. The lowest BCUT2D eigenvalue weighted by Gasteiger charge is -2.18. The van der Waals surface area contributed by atoms with E-state index in [9.17, 15) is 4.79 Å². The number of carbonyl (C=O) groups excluding carboxylic acids is 1. The van der Waals surface area contributed by atoms with Crippen LogP contribution in [0, 0.1) is 0 Å². The van der Waals surface area contributed by atoms with Crippen molar-refractivity contribution in [3.8, 4) is 11.3 Å². The summed E-state index contributed by atoms with van der Waals surface area (Å²) >= 11 is 13.2. The molecule has 0 aliphatic rings. The normalized spacial score (nSPS) is 11.4. The molecule has 0 aliphatic heterocycles. The van der Waals surface area contributed by atoms with E-state index in [0.29, 0.717) is 20.7 Å². The van der Waals surface area contributed by atoms with E-state index in [-0.39, 0.29) is 11.3 Å². The zero-order valence-electron chi connectivity index (χ0n) is 14.6. The average Bonchev–Trinajstić information content (AvgIpc) is 3.05. The summed E-state index contributed by atoms with van der Waals surface area (Å²) < 4.78 is 0. The van der Waals surface area contributed by atoms with Crippen molar-refractivity contribution in [3.05, 3.63) is 69.0 Å². The van der Waals surface area contributed by atoms with Gasteiger partial charge in [0.25, 0.3) is 5.91 Å². The van der Waals surface area contributed by atoms with Crippen LogP contribution < -0.4 is 5.32 Å². The van der Waals surface area contributed by atoms with Crippen LogP contribution in [0.4, 0.5) is 5.13 Å². The van der Waals surface area contributed by atoms with Crippen molar-refractivity contribution >= 4 is 45.6 Å². The van der Waals surface area contributed by atoms with Gasteiger partial charge in [-0.1, -0.05) is 68.2 Å². The molecule has 0 saturated heterocycles. The highest BCUT2D eigenvalue weighted by Gasteiger charge is 2.14. The third kappa shape index (κ3) is 4.26. The third-order valence-corrected chi connectivity index (χ3v) is 5.45. The van der Waals surface area contributed by atoms with Crippen molar-refractivity contribution in [1.82, 2.24) is 4.98 Å². The maximum Gasteiger partial charge on any atom is 0.257 e. The van der Waals surface area contributed by atoms with E-state index in [4.69, 9.17) is 23.2 Å². The van der Waals surface area contributed by atoms with Crippen molar-refractivity contribution in [2.45, 2.75) is 26.2 Å². The zero-order valence-corrected chi connectivity index (χ0v) is 17.0. The molecule has 0 spiro atoms. The number of rotatable bonds is 3. The van der Waals surface area contributed by atoms with E-state index in [0.717, 1.165) is 11.3 Å². The molecule has 2 aromatic carbocycles. The highest BCUT2D eigenvalue weighted by atomic mass is 35.5. The largest absolute Gasteiger partial charge is 0.298 e. The SMILES string of the molecule is CC(C)(C)c1ccc(-c2csc(NC(=O)c3ccc(Cl)c(Cl)c3)n2)cc1. The number of nitrogens with one attached hydrogen (secondary N) is 1. The fourth-order valence-corrected chi connectivity index (χ4v) is 3.42. The maximum absolute atomic E-state index is 12.3. The fourth-order valence-electron chi connectivity index (χ4n) is 2.41. The minimum Gasteiger partial charge on any atom is -0.298 e. The van der Waals surface area contributed by atoms with Gasteiger partial charge in [-0.15, -0.1) is 11.3 Å². The van der Waals surface area contributed by atoms with Crippen LogP contribution in [0.3, 0.4) is 0 Å². The van der Waals surface area contributed by atoms with E-state index in [2.05, 4.69) is 55.3 Å². The predicted octanol–water partition coefficient (Wildman–Crippen LogP) is 6.67.